The monoisotopic (exact) mass is 220 g/mol. The van der Waals surface area contributed by atoms with Crippen LogP contribution in [0.5, 0.6) is 0 Å². The van der Waals surface area contributed by atoms with E-state index in [1.165, 1.54) is 31.5 Å². The number of halogens is 1. The second kappa shape index (κ2) is 3.52. The normalized spacial score (nSPS) is 32.8. The predicted molar refractivity (Wildman–Crippen MR) is 60.7 cm³/mol. The van der Waals surface area contributed by atoms with Crippen molar-refractivity contribution >= 4 is 0 Å². The molecule has 2 aliphatic carbocycles. The minimum Gasteiger partial charge on any atom is -0.314 e. The highest BCUT2D eigenvalue weighted by Crippen LogP contribution is 2.52. The van der Waals surface area contributed by atoms with Gasteiger partial charge in [0.15, 0.2) is 0 Å². The van der Waals surface area contributed by atoms with Gasteiger partial charge in [0.2, 0.25) is 0 Å². The van der Waals surface area contributed by atoms with E-state index in [0.29, 0.717) is 5.92 Å². The Morgan fingerprint density at radius 1 is 1.50 bits per heavy atom. The van der Waals surface area contributed by atoms with E-state index in [1.54, 1.807) is 0 Å². The molecule has 1 aromatic rings. The van der Waals surface area contributed by atoms with E-state index < -0.39 is 0 Å². The van der Waals surface area contributed by atoms with Crippen LogP contribution in [0, 0.1) is 11.7 Å². The third kappa shape index (κ3) is 1.84. The van der Waals surface area contributed by atoms with Gasteiger partial charge >= 0.3 is 0 Å². The smallest absolute Gasteiger partial charge is 0.141 e. The van der Waals surface area contributed by atoms with Crippen LogP contribution < -0.4 is 5.32 Å². The lowest BCUT2D eigenvalue weighted by atomic mass is 10.0. The highest BCUT2D eigenvalue weighted by atomic mass is 19.1. The van der Waals surface area contributed by atoms with E-state index >= 15 is 0 Å². The molecule has 0 bridgehead atoms. The molecule has 2 aliphatic rings. The van der Waals surface area contributed by atoms with Gasteiger partial charge in [-0.3, -0.25) is 4.98 Å². The van der Waals surface area contributed by atoms with Crippen LogP contribution in [0.2, 0.25) is 0 Å². The maximum absolute atomic E-state index is 12.8. The summed E-state index contributed by atoms with van der Waals surface area (Å²) in [5.74, 6) is 0.423. The molecule has 0 aliphatic heterocycles. The van der Waals surface area contributed by atoms with E-state index in [4.69, 9.17) is 0 Å². The zero-order chi connectivity index (χ0) is 11.2. The van der Waals surface area contributed by atoms with Crippen LogP contribution in [0.4, 0.5) is 4.39 Å². The number of rotatable bonds is 4. The van der Waals surface area contributed by atoms with Gasteiger partial charge in [-0.25, -0.2) is 4.39 Å². The lowest BCUT2D eigenvalue weighted by Crippen LogP contribution is -2.22. The Labute approximate surface area is 95.3 Å². The molecular weight excluding hydrogens is 203 g/mol. The average molecular weight is 220 g/mol. The van der Waals surface area contributed by atoms with Crippen LogP contribution in [0.3, 0.4) is 0 Å². The molecule has 1 heterocycles. The molecule has 86 valence electrons. The molecular formula is C13H17FN2. The van der Waals surface area contributed by atoms with E-state index in [1.807, 2.05) is 6.07 Å². The molecule has 3 heteroatoms. The molecule has 0 amide bonds. The standard InChI is InChI=1S/C13H17FN2/c1-13(12-5-2-10(14)8-16-12)6-9(13)7-15-11-3-4-11/h2,5,8-9,11,15H,3-4,6-7H2,1H3. The highest BCUT2D eigenvalue weighted by molar-refractivity contribution is 5.26. The minimum absolute atomic E-state index is 0.176. The lowest BCUT2D eigenvalue weighted by Gasteiger charge is -2.11. The van der Waals surface area contributed by atoms with Crippen molar-refractivity contribution in [2.75, 3.05) is 6.54 Å². The van der Waals surface area contributed by atoms with Crippen LogP contribution >= 0.6 is 0 Å². The quantitative estimate of drug-likeness (QED) is 0.841. The molecule has 3 rings (SSSR count). The first-order valence-corrected chi connectivity index (χ1v) is 6.04. The van der Waals surface area contributed by atoms with E-state index in [9.17, 15) is 4.39 Å². The summed E-state index contributed by atoms with van der Waals surface area (Å²) in [7, 11) is 0. The first kappa shape index (κ1) is 10.2. The van der Waals surface area contributed by atoms with Crippen molar-refractivity contribution in [3.8, 4) is 0 Å². The molecule has 2 fully saturated rings. The Morgan fingerprint density at radius 3 is 2.94 bits per heavy atom. The van der Waals surface area contributed by atoms with Crippen molar-refractivity contribution in [3.05, 3.63) is 29.8 Å². The summed E-state index contributed by atoms with van der Waals surface area (Å²) >= 11 is 0. The number of hydrogen-bond acceptors (Lipinski definition) is 2. The fourth-order valence-electron chi connectivity index (χ4n) is 2.37. The Bertz CT molecular complexity index is 385. The summed E-state index contributed by atoms with van der Waals surface area (Å²) in [6.07, 6.45) is 5.16. The van der Waals surface area contributed by atoms with Gasteiger partial charge in [-0.05, 0) is 43.9 Å². The number of nitrogens with zero attached hydrogens (tertiary/aromatic N) is 1. The number of pyridine rings is 1. The van der Waals surface area contributed by atoms with Crippen molar-refractivity contribution in [1.82, 2.24) is 10.3 Å². The van der Waals surface area contributed by atoms with E-state index in [2.05, 4.69) is 17.2 Å². The van der Waals surface area contributed by atoms with E-state index in [-0.39, 0.29) is 11.2 Å². The number of aromatic nitrogens is 1. The number of hydrogen-bond donors (Lipinski definition) is 1. The topological polar surface area (TPSA) is 24.9 Å². The second-order valence-electron chi connectivity index (χ2n) is 5.36. The van der Waals surface area contributed by atoms with Crippen molar-refractivity contribution in [2.45, 2.75) is 37.6 Å². The third-order valence-corrected chi connectivity index (χ3v) is 3.95. The summed E-state index contributed by atoms with van der Waals surface area (Å²) in [6.45, 7) is 3.31. The van der Waals surface area contributed by atoms with Gasteiger partial charge < -0.3 is 5.32 Å². The first-order chi connectivity index (χ1) is 7.68. The van der Waals surface area contributed by atoms with E-state index in [0.717, 1.165) is 18.3 Å². The lowest BCUT2D eigenvalue weighted by molar-refractivity contribution is 0.563. The largest absolute Gasteiger partial charge is 0.314 e. The van der Waals surface area contributed by atoms with Crippen molar-refractivity contribution in [2.24, 2.45) is 5.92 Å². The Balaban J connectivity index is 1.63. The minimum atomic E-state index is -0.249. The zero-order valence-corrected chi connectivity index (χ0v) is 9.54. The average Bonchev–Trinajstić information content (AvgIpc) is 3.14. The van der Waals surface area contributed by atoms with Crippen LogP contribution in [-0.2, 0) is 5.41 Å². The summed E-state index contributed by atoms with van der Waals surface area (Å²) in [4.78, 5) is 4.20. The van der Waals surface area contributed by atoms with Crippen LogP contribution in [0.25, 0.3) is 0 Å². The molecule has 16 heavy (non-hydrogen) atoms. The molecule has 0 aromatic carbocycles. The van der Waals surface area contributed by atoms with Gasteiger partial charge in [-0.2, -0.15) is 0 Å². The molecule has 0 saturated heterocycles. The third-order valence-electron chi connectivity index (χ3n) is 3.95. The van der Waals surface area contributed by atoms with Gasteiger partial charge in [-0.15, -0.1) is 0 Å². The predicted octanol–water partition coefficient (Wildman–Crippen LogP) is 2.25. The van der Waals surface area contributed by atoms with Gasteiger partial charge in [0.25, 0.3) is 0 Å². The molecule has 0 radical (unpaired) electrons. The van der Waals surface area contributed by atoms with Gasteiger partial charge in [-0.1, -0.05) is 6.92 Å². The van der Waals surface area contributed by atoms with Crippen LogP contribution in [0.1, 0.15) is 31.9 Å². The van der Waals surface area contributed by atoms with Crippen LogP contribution in [-0.4, -0.2) is 17.6 Å². The fraction of sp³-hybridized carbons (Fsp3) is 0.615. The zero-order valence-electron chi connectivity index (χ0n) is 9.54. The fourth-order valence-corrected chi connectivity index (χ4v) is 2.37. The first-order valence-electron chi connectivity index (χ1n) is 6.04. The Hall–Kier alpha value is -0.960. The summed E-state index contributed by atoms with van der Waals surface area (Å²) in [5.41, 5.74) is 1.21. The summed E-state index contributed by atoms with van der Waals surface area (Å²) in [6, 6.07) is 4.11. The number of nitrogens with one attached hydrogen (secondary N) is 1. The molecule has 2 atom stereocenters. The summed E-state index contributed by atoms with van der Waals surface area (Å²) in [5, 5.41) is 3.55. The van der Waals surface area contributed by atoms with Crippen molar-refractivity contribution < 1.29 is 4.39 Å². The van der Waals surface area contributed by atoms with Crippen LogP contribution in [0.15, 0.2) is 18.3 Å². The maximum Gasteiger partial charge on any atom is 0.141 e. The van der Waals surface area contributed by atoms with Crippen molar-refractivity contribution in [1.29, 1.82) is 0 Å². The maximum atomic E-state index is 12.8. The Kier molecular flexibility index (Phi) is 2.25. The van der Waals surface area contributed by atoms with Gasteiger partial charge in [0.05, 0.1) is 6.20 Å². The molecule has 1 aromatic heterocycles. The molecule has 2 nitrogen and oxygen atoms in total. The summed E-state index contributed by atoms with van der Waals surface area (Å²) < 4.78 is 12.8. The highest BCUT2D eigenvalue weighted by Gasteiger charge is 2.52. The molecule has 2 unspecified atom stereocenters. The molecule has 2 saturated carbocycles. The molecule has 1 N–H and O–H groups in total. The van der Waals surface area contributed by atoms with Crippen molar-refractivity contribution in [3.63, 3.8) is 0 Å². The van der Waals surface area contributed by atoms with Gasteiger partial charge in [0, 0.05) is 17.2 Å². The SMILES string of the molecule is CC1(c2ccc(F)cn2)CC1CNC1CC1. The Morgan fingerprint density at radius 2 is 2.31 bits per heavy atom. The molecule has 0 spiro atoms. The second-order valence-corrected chi connectivity index (χ2v) is 5.36. The van der Waals surface area contributed by atoms with Gasteiger partial charge in [0.1, 0.15) is 5.82 Å².